The van der Waals surface area contributed by atoms with Crippen molar-refractivity contribution < 1.29 is 4.79 Å². The Labute approximate surface area is 125 Å². The van der Waals surface area contributed by atoms with E-state index < -0.39 is 0 Å². The van der Waals surface area contributed by atoms with Gasteiger partial charge in [0.05, 0.1) is 5.41 Å². The molecule has 4 saturated carbocycles. The van der Waals surface area contributed by atoms with Gasteiger partial charge in [0, 0.05) is 18.4 Å². The van der Waals surface area contributed by atoms with Gasteiger partial charge in [-0.15, -0.1) is 0 Å². The topological polar surface area (TPSA) is 20.3 Å². The van der Waals surface area contributed by atoms with Crippen LogP contribution < -0.4 is 0 Å². The molecular weight excluding hydrogens is 302 g/mol. The van der Waals surface area contributed by atoms with Crippen LogP contribution in [0.25, 0.3) is 0 Å². The molecule has 4 rings (SSSR count). The molecule has 19 heavy (non-hydrogen) atoms. The Morgan fingerprint density at radius 3 is 2.37 bits per heavy atom. The largest absolute Gasteiger partial charge is 0.344 e. The summed E-state index contributed by atoms with van der Waals surface area (Å²) in [5, 5.41) is 0. The number of amides is 1. The highest BCUT2D eigenvalue weighted by atomic mass is 79.9. The van der Waals surface area contributed by atoms with Crippen molar-refractivity contribution in [2.24, 2.45) is 22.7 Å². The first-order valence-corrected chi connectivity index (χ1v) is 8.63. The minimum atomic E-state index is -0.00449. The summed E-state index contributed by atoms with van der Waals surface area (Å²) in [6.45, 7) is 5.37. The SMILES string of the molecule is CC(Br)CN(C)C(=O)C12CC3CC(CC(C)(C3)C1)C2. The van der Waals surface area contributed by atoms with E-state index in [4.69, 9.17) is 0 Å². The number of rotatable bonds is 3. The molecule has 1 amide bonds. The van der Waals surface area contributed by atoms with E-state index in [2.05, 4.69) is 29.8 Å². The number of hydrogen-bond acceptors (Lipinski definition) is 1. The molecule has 108 valence electrons. The molecule has 0 aromatic rings. The lowest BCUT2D eigenvalue weighted by atomic mass is 9.44. The minimum Gasteiger partial charge on any atom is -0.344 e. The van der Waals surface area contributed by atoms with Gasteiger partial charge >= 0.3 is 0 Å². The summed E-state index contributed by atoms with van der Waals surface area (Å²) in [5.41, 5.74) is 0.454. The fourth-order valence-electron chi connectivity index (χ4n) is 5.84. The van der Waals surface area contributed by atoms with E-state index in [-0.39, 0.29) is 5.41 Å². The second-order valence-corrected chi connectivity index (χ2v) is 9.58. The third-order valence-corrected chi connectivity index (χ3v) is 5.97. The highest BCUT2D eigenvalue weighted by Gasteiger charge is 2.59. The van der Waals surface area contributed by atoms with Crippen molar-refractivity contribution in [3.05, 3.63) is 0 Å². The summed E-state index contributed by atoms with van der Waals surface area (Å²) in [5.74, 6) is 2.08. The van der Waals surface area contributed by atoms with Crippen molar-refractivity contribution in [3.8, 4) is 0 Å². The molecule has 0 radical (unpaired) electrons. The molecule has 4 aliphatic carbocycles. The normalized spacial score (nSPS) is 45.3. The van der Waals surface area contributed by atoms with Crippen LogP contribution >= 0.6 is 15.9 Å². The number of hydrogen-bond donors (Lipinski definition) is 0. The smallest absolute Gasteiger partial charge is 0.228 e. The van der Waals surface area contributed by atoms with Crippen LogP contribution in [0, 0.1) is 22.7 Å². The third-order valence-electron chi connectivity index (χ3n) is 5.68. The molecule has 3 heteroatoms. The maximum Gasteiger partial charge on any atom is 0.228 e. The molecule has 3 atom stereocenters. The number of halogens is 1. The molecule has 4 fully saturated rings. The summed E-state index contributed by atoms with van der Waals surface area (Å²) < 4.78 is 0. The molecule has 0 saturated heterocycles. The summed E-state index contributed by atoms with van der Waals surface area (Å²) in [4.78, 5) is 15.3. The lowest BCUT2D eigenvalue weighted by molar-refractivity contribution is -0.164. The van der Waals surface area contributed by atoms with Crippen LogP contribution in [0.2, 0.25) is 0 Å². The van der Waals surface area contributed by atoms with Gasteiger partial charge in [0.1, 0.15) is 0 Å². The van der Waals surface area contributed by atoms with Crippen molar-refractivity contribution in [3.63, 3.8) is 0 Å². The predicted molar refractivity (Wildman–Crippen MR) is 81.2 cm³/mol. The number of carbonyl (C=O) groups is 1. The zero-order valence-electron chi connectivity index (χ0n) is 12.4. The number of alkyl halides is 1. The summed E-state index contributed by atoms with van der Waals surface area (Å²) >= 11 is 3.57. The second kappa shape index (κ2) is 4.47. The van der Waals surface area contributed by atoms with Crippen LogP contribution in [0.15, 0.2) is 0 Å². The zero-order chi connectivity index (χ0) is 13.8. The standard InChI is InChI=1S/C16H26BrNO/c1-11(17)9-18(3)14(19)16-7-12-4-13(8-16)6-15(2,5-12)10-16/h11-13H,4-10H2,1-3H3. The lowest BCUT2D eigenvalue weighted by Crippen LogP contribution is -2.57. The maximum absolute atomic E-state index is 13.0. The second-order valence-electron chi connectivity index (χ2n) is 8.02. The predicted octanol–water partition coefficient (Wildman–Crippen LogP) is 3.83. The van der Waals surface area contributed by atoms with Crippen LogP contribution in [0.4, 0.5) is 0 Å². The van der Waals surface area contributed by atoms with E-state index in [0.29, 0.717) is 16.1 Å². The first-order chi connectivity index (χ1) is 8.82. The summed E-state index contributed by atoms with van der Waals surface area (Å²) in [7, 11) is 1.99. The summed E-state index contributed by atoms with van der Waals surface area (Å²) in [6.07, 6.45) is 7.61. The fourth-order valence-corrected chi connectivity index (χ4v) is 6.27. The van der Waals surface area contributed by atoms with Gasteiger partial charge in [0.15, 0.2) is 0 Å². The Kier molecular flexibility index (Phi) is 3.28. The van der Waals surface area contributed by atoms with Gasteiger partial charge in [-0.25, -0.2) is 0 Å². The van der Waals surface area contributed by atoms with Crippen LogP contribution in [-0.4, -0.2) is 29.2 Å². The third kappa shape index (κ3) is 2.36. The van der Waals surface area contributed by atoms with Gasteiger partial charge in [-0.05, 0) is 55.8 Å². The molecule has 4 bridgehead atoms. The minimum absolute atomic E-state index is 0.00449. The molecule has 0 aliphatic heterocycles. The molecule has 0 heterocycles. The highest BCUT2D eigenvalue weighted by molar-refractivity contribution is 9.09. The van der Waals surface area contributed by atoms with Crippen LogP contribution in [-0.2, 0) is 4.79 Å². The van der Waals surface area contributed by atoms with Gasteiger partial charge in [0.2, 0.25) is 5.91 Å². The van der Waals surface area contributed by atoms with Gasteiger partial charge < -0.3 is 4.90 Å². The average Bonchev–Trinajstić information content (AvgIpc) is 2.23. The van der Waals surface area contributed by atoms with Gasteiger partial charge in [-0.1, -0.05) is 29.8 Å². The van der Waals surface area contributed by atoms with E-state index in [1.165, 1.54) is 32.1 Å². The molecule has 0 aromatic carbocycles. The average molecular weight is 328 g/mol. The molecule has 0 N–H and O–H groups in total. The molecule has 4 aliphatic rings. The Morgan fingerprint density at radius 1 is 1.32 bits per heavy atom. The van der Waals surface area contributed by atoms with Crippen molar-refractivity contribution >= 4 is 21.8 Å². The highest BCUT2D eigenvalue weighted by Crippen LogP contribution is 2.65. The van der Waals surface area contributed by atoms with Gasteiger partial charge in [-0.3, -0.25) is 4.79 Å². The quantitative estimate of drug-likeness (QED) is 0.721. The maximum atomic E-state index is 13.0. The molecule has 0 spiro atoms. The molecule has 3 unspecified atom stereocenters. The van der Waals surface area contributed by atoms with Crippen molar-refractivity contribution in [1.82, 2.24) is 4.90 Å². The van der Waals surface area contributed by atoms with Gasteiger partial charge in [0.25, 0.3) is 0 Å². The lowest BCUT2D eigenvalue weighted by Gasteiger charge is -2.61. The summed E-state index contributed by atoms with van der Waals surface area (Å²) in [6, 6.07) is 0. The Bertz CT molecular complexity index is 378. The first-order valence-electron chi connectivity index (χ1n) is 7.72. The van der Waals surface area contributed by atoms with E-state index in [1.807, 2.05) is 11.9 Å². The molecule has 2 nitrogen and oxygen atoms in total. The Morgan fingerprint density at radius 2 is 1.89 bits per heavy atom. The Hall–Kier alpha value is -0.0500. The van der Waals surface area contributed by atoms with Crippen LogP contribution in [0.1, 0.15) is 52.4 Å². The van der Waals surface area contributed by atoms with E-state index in [1.54, 1.807) is 0 Å². The fraction of sp³-hybridized carbons (Fsp3) is 0.938. The van der Waals surface area contributed by atoms with E-state index in [9.17, 15) is 4.79 Å². The van der Waals surface area contributed by atoms with Crippen molar-refractivity contribution in [2.75, 3.05) is 13.6 Å². The van der Waals surface area contributed by atoms with Crippen molar-refractivity contribution in [1.29, 1.82) is 0 Å². The van der Waals surface area contributed by atoms with E-state index >= 15 is 0 Å². The molecular formula is C16H26BrNO. The molecule has 0 aromatic heterocycles. The monoisotopic (exact) mass is 327 g/mol. The van der Waals surface area contributed by atoms with E-state index in [0.717, 1.165) is 24.8 Å². The zero-order valence-corrected chi connectivity index (χ0v) is 14.0. The van der Waals surface area contributed by atoms with Crippen LogP contribution in [0.5, 0.6) is 0 Å². The first kappa shape index (κ1) is 13.9. The number of carbonyl (C=O) groups excluding carboxylic acids is 1. The van der Waals surface area contributed by atoms with Gasteiger partial charge in [-0.2, -0.15) is 0 Å². The Balaban J connectivity index is 1.81. The van der Waals surface area contributed by atoms with Crippen molar-refractivity contribution in [2.45, 2.75) is 57.2 Å². The number of nitrogens with zero attached hydrogens (tertiary/aromatic N) is 1. The van der Waals surface area contributed by atoms with Crippen LogP contribution in [0.3, 0.4) is 0 Å².